The lowest BCUT2D eigenvalue weighted by atomic mass is 10.2. The van der Waals surface area contributed by atoms with E-state index in [0.29, 0.717) is 39.1 Å². The number of rotatable bonds is 4. The molecule has 6 nitrogen and oxygen atoms in total. The third-order valence-electron chi connectivity index (χ3n) is 3.85. The number of amides is 1. The summed E-state index contributed by atoms with van der Waals surface area (Å²) in [6, 6.07) is 17.7. The van der Waals surface area contributed by atoms with Crippen LogP contribution >= 0.6 is 11.6 Å². The first-order chi connectivity index (χ1) is 13.2. The zero-order valence-corrected chi connectivity index (χ0v) is 14.7. The van der Waals surface area contributed by atoms with Gasteiger partial charge in [-0.1, -0.05) is 35.0 Å². The Morgan fingerprint density at radius 2 is 1.81 bits per heavy atom. The molecule has 4 aromatic rings. The SMILES string of the molecule is O=C(Nc1cccc(-c2nc(-c3ccccc3Cl)no2)c1)c1ccncc1. The molecule has 0 radical (unpaired) electrons. The number of carbonyl (C=O) groups is 1. The molecule has 0 fully saturated rings. The van der Waals surface area contributed by atoms with Crippen LogP contribution in [0.4, 0.5) is 5.69 Å². The van der Waals surface area contributed by atoms with Gasteiger partial charge in [0, 0.05) is 34.8 Å². The van der Waals surface area contributed by atoms with Gasteiger partial charge < -0.3 is 9.84 Å². The minimum Gasteiger partial charge on any atom is -0.334 e. The van der Waals surface area contributed by atoms with Crippen LogP contribution in [0.15, 0.2) is 77.6 Å². The second-order valence-corrected chi connectivity index (χ2v) is 6.08. The zero-order valence-electron chi connectivity index (χ0n) is 14.0. The molecule has 2 heterocycles. The molecule has 0 saturated heterocycles. The fourth-order valence-electron chi connectivity index (χ4n) is 2.53. The summed E-state index contributed by atoms with van der Waals surface area (Å²) in [7, 11) is 0. The van der Waals surface area contributed by atoms with Gasteiger partial charge in [-0.25, -0.2) is 0 Å². The molecule has 0 aliphatic carbocycles. The van der Waals surface area contributed by atoms with Crippen molar-refractivity contribution >= 4 is 23.2 Å². The fraction of sp³-hybridized carbons (Fsp3) is 0. The number of pyridine rings is 1. The molecule has 0 aliphatic heterocycles. The van der Waals surface area contributed by atoms with Gasteiger partial charge in [0.25, 0.3) is 11.8 Å². The van der Waals surface area contributed by atoms with Crippen LogP contribution in [0.1, 0.15) is 10.4 Å². The molecular formula is C20H13ClN4O2. The van der Waals surface area contributed by atoms with Crippen molar-refractivity contribution in [1.82, 2.24) is 15.1 Å². The van der Waals surface area contributed by atoms with Crippen molar-refractivity contribution in [3.63, 3.8) is 0 Å². The smallest absolute Gasteiger partial charge is 0.258 e. The Hall–Kier alpha value is -3.51. The van der Waals surface area contributed by atoms with Gasteiger partial charge in [0.1, 0.15) is 0 Å². The third-order valence-corrected chi connectivity index (χ3v) is 4.18. The van der Waals surface area contributed by atoms with Gasteiger partial charge in [0.05, 0.1) is 5.02 Å². The molecule has 0 saturated carbocycles. The molecule has 7 heteroatoms. The first kappa shape index (κ1) is 16.9. The van der Waals surface area contributed by atoms with E-state index >= 15 is 0 Å². The second kappa shape index (κ2) is 7.39. The predicted molar refractivity (Wildman–Crippen MR) is 102 cm³/mol. The molecule has 0 atom stereocenters. The number of halogens is 1. The van der Waals surface area contributed by atoms with Gasteiger partial charge in [-0.05, 0) is 42.5 Å². The van der Waals surface area contributed by atoms with Gasteiger partial charge in [0.2, 0.25) is 5.82 Å². The van der Waals surface area contributed by atoms with Crippen LogP contribution in [0.5, 0.6) is 0 Å². The highest BCUT2D eigenvalue weighted by Crippen LogP contribution is 2.28. The van der Waals surface area contributed by atoms with Gasteiger partial charge in [0.15, 0.2) is 0 Å². The van der Waals surface area contributed by atoms with Crippen LogP contribution in [0.3, 0.4) is 0 Å². The number of benzene rings is 2. The van der Waals surface area contributed by atoms with Crippen molar-refractivity contribution in [3.05, 3.63) is 83.6 Å². The standard InChI is InChI=1S/C20H13ClN4O2/c21-17-7-2-1-6-16(17)18-24-20(27-25-18)14-4-3-5-15(12-14)23-19(26)13-8-10-22-11-9-13/h1-12H,(H,23,26). The summed E-state index contributed by atoms with van der Waals surface area (Å²) in [5.74, 6) is 0.517. The first-order valence-corrected chi connectivity index (χ1v) is 8.49. The summed E-state index contributed by atoms with van der Waals surface area (Å²) in [5.41, 5.74) is 2.52. The first-order valence-electron chi connectivity index (χ1n) is 8.11. The lowest BCUT2D eigenvalue weighted by Crippen LogP contribution is -2.11. The lowest BCUT2D eigenvalue weighted by molar-refractivity contribution is 0.102. The quantitative estimate of drug-likeness (QED) is 0.558. The van der Waals surface area contributed by atoms with E-state index in [2.05, 4.69) is 20.4 Å². The number of nitrogens with zero attached hydrogens (tertiary/aromatic N) is 3. The topological polar surface area (TPSA) is 80.9 Å². The van der Waals surface area contributed by atoms with E-state index in [1.807, 2.05) is 24.3 Å². The van der Waals surface area contributed by atoms with Crippen LogP contribution in [-0.2, 0) is 0 Å². The van der Waals surface area contributed by atoms with Gasteiger partial charge in [-0.3, -0.25) is 9.78 Å². The molecule has 0 bridgehead atoms. The Morgan fingerprint density at radius 1 is 1.00 bits per heavy atom. The molecule has 2 aromatic heterocycles. The summed E-state index contributed by atoms with van der Waals surface area (Å²) in [6.45, 7) is 0. The average Bonchev–Trinajstić information content (AvgIpc) is 3.19. The predicted octanol–water partition coefficient (Wildman–Crippen LogP) is 4.70. The summed E-state index contributed by atoms with van der Waals surface area (Å²) < 4.78 is 5.36. The van der Waals surface area contributed by atoms with Gasteiger partial charge in [-0.2, -0.15) is 4.98 Å². The van der Waals surface area contributed by atoms with Crippen molar-refractivity contribution in [3.8, 4) is 22.8 Å². The van der Waals surface area contributed by atoms with Crippen molar-refractivity contribution < 1.29 is 9.32 Å². The minimum atomic E-state index is -0.225. The largest absolute Gasteiger partial charge is 0.334 e. The molecule has 27 heavy (non-hydrogen) atoms. The Morgan fingerprint density at radius 3 is 2.63 bits per heavy atom. The van der Waals surface area contributed by atoms with Crippen molar-refractivity contribution in [1.29, 1.82) is 0 Å². The van der Waals surface area contributed by atoms with E-state index in [1.165, 1.54) is 0 Å². The minimum absolute atomic E-state index is 0.225. The van der Waals surface area contributed by atoms with Crippen LogP contribution in [0.2, 0.25) is 5.02 Å². The Bertz CT molecular complexity index is 1100. The number of nitrogens with one attached hydrogen (secondary N) is 1. The molecule has 0 spiro atoms. The highest BCUT2D eigenvalue weighted by molar-refractivity contribution is 6.33. The Kier molecular flexibility index (Phi) is 4.63. The number of hydrogen-bond donors (Lipinski definition) is 1. The van der Waals surface area contributed by atoms with E-state index in [1.54, 1.807) is 48.8 Å². The number of anilines is 1. The average molecular weight is 377 g/mol. The second-order valence-electron chi connectivity index (χ2n) is 5.67. The highest BCUT2D eigenvalue weighted by Gasteiger charge is 2.14. The van der Waals surface area contributed by atoms with Crippen LogP contribution in [0.25, 0.3) is 22.8 Å². The van der Waals surface area contributed by atoms with E-state index < -0.39 is 0 Å². The highest BCUT2D eigenvalue weighted by atomic mass is 35.5. The zero-order chi connectivity index (χ0) is 18.6. The molecule has 1 N–H and O–H groups in total. The van der Waals surface area contributed by atoms with E-state index in [9.17, 15) is 4.79 Å². The lowest BCUT2D eigenvalue weighted by Gasteiger charge is -2.05. The van der Waals surface area contributed by atoms with Crippen LogP contribution < -0.4 is 5.32 Å². The Labute approximate surface area is 159 Å². The molecule has 0 aliphatic rings. The molecule has 132 valence electrons. The summed E-state index contributed by atoms with van der Waals surface area (Å²) in [4.78, 5) is 20.6. The van der Waals surface area contributed by atoms with Crippen molar-refractivity contribution in [2.45, 2.75) is 0 Å². The summed E-state index contributed by atoms with van der Waals surface area (Å²) in [5, 5.41) is 7.38. The van der Waals surface area contributed by atoms with Crippen LogP contribution in [0, 0.1) is 0 Å². The molecule has 2 aromatic carbocycles. The normalized spacial score (nSPS) is 10.6. The monoisotopic (exact) mass is 376 g/mol. The maximum atomic E-state index is 12.3. The van der Waals surface area contributed by atoms with E-state index in [0.717, 1.165) is 0 Å². The summed E-state index contributed by atoms with van der Waals surface area (Å²) in [6.07, 6.45) is 3.14. The molecule has 4 rings (SSSR count). The fourth-order valence-corrected chi connectivity index (χ4v) is 2.75. The number of hydrogen-bond acceptors (Lipinski definition) is 5. The number of carbonyl (C=O) groups excluding carboxylic acids is 1. The number of aromatic nitrogens is 3. The maximum absolute atomic E-state index is 12.3. The maximum Gasteiger partial charge on any atom is 0.258 e. The Balaban J connectivity index is 1.58. The molecule has 1 amide bonds. The van der Waals surface area contributed by atoms with E-state index in [4.69, 9.17) is 16.1 Å². The van der Waals surface area contributed by atoms with Gasteiger partial charge in [-0.15, -0.1) is 0 Å². The van der Waals surface area contributed by atoms with E-state index in [-0.39, 0.29) is 5.91 Å². The third kappa shape index (κ3) is 3.70. The van der Waals surface area contributed by atoms with Crippen molar-refractivity contribution in [2.24, 2.45) is 0 Å². The van der Waals surface area contributed by atoms with Crippen LogP contribution in [-0.4, -0.2) is 21.0 Å². The molecule has 0 unspecified atom stereocenters. The van der Waals surface area contributed by atoms with Gasteiger partial charge >= 0.3 is 0 Å². The molecular weight excluding hydrogens is 364 g/mol. The summed E-state index contributed by atoms with van der Waals surface area (Å²) >= 11 is 6.18. The van der Waals surface area contributed by atoms with Crippen molar-refractivity contribution in [2.75, 3.05) is 5.32 Å².